The SMILES string of the molecule is O=P12c3c4cccc3N(c3ccccc3)c3cccc(c31)N(c1ccccc1)c1cccc(c12)N4c1ccccc1.S=P12c3c4cccc3N(c3ccccc3)c3cccc(c31)N(c1ccccc1)c1cccc(c12)N4c1ccccc1.c1ccc(N2c3cccc4c3B3c5c2cccc5N(c2ccccc2)c2cccc(c23)N4c2ccccc2)cc1. The highest BCUT2D eigenvalue weighted by Gasteiger charge is 2.56. The third-order valence-electron chi connectivity index (χ3n) is 25.4. The summed E-state index contributed by atoms with van der Waals surface area (Å²) in [4.78, 5) is 21.5. The molecule has 18 aromatic rings. The number of hydrogen-bond donors (Lipinski definition) is 0. The van der Waals surface area contributed by atoms with E-state index >= 15 is 4.57 Å². The van der Waals surface area contributed by atoms with Crippen molar-refractivity contribution in [3.63, 3.8) is 0 Å². The van der Waals surface area contributed by atoms with E-state index in [9.17, 15) is 0 Å². The van der Waals surface area contributed by atoms with Crippen molar-refractivity contribution in [3.05, 3.63) is 437 Å². The molecular formula is C108H72BN9OP2S. The zero-order valence-electron chi connectivity index (χ0n) is 65.9. The highest BCUT2D eigenvalue weighted by molar-refractivity contribution is 8.26. The van der Waals surface area contributed by atoms with Crippen LogP contribution in [0.15, 0.2) is 437 Å². The van der Waals surface area contributed by atoms with Crippen molar-refractivity contribution < 1.29 is 4.57 Å². The monoisotopic (exact) mass is 1620 g/mol. The largest absolute Gasteiger partial charge is 0.311 e. The number of anilines is 27. The minimum atomic E-state index is -3.28. The first-order chi connectivity index (χ1) is 60.4. The Balaban J connectivity index is 0.000000101. The zero-order valence-corrected chi connectivity index (χ0v) is 68.5. The Hall–Kier alpha value is -14.9. The van der Waals surface area contributed by atoms with Crippen LogP contribution in [0.2, 0.25) is 0 Å². The molecule has 27 rings (SSSR count). The van der Waals surface area contributed by atoms with Gasteiger partial charge in [-0.2, -0.15) is 0 Å². The van der Waals surface area contributed by atoms with Gasteiger partial charge in [-0.25, -0.2) is 0 Å². The molecule has 0 aromatic heterocycles. The van der Waals surface area contributed by atoms with Crippen molar-refractivity contribution in [1.29, 1.82) is 0 Å². The van der Waals surface area contributed by atoms with Gasteiger partial charge in [0.05, 0.1) is 90.2 Å². The smallest absolute Gasteiger partial charge is 0.257 e. The lowest BCUT2D eigenvalue weighted by molar-refractivity contribution is 0.592. The molecule has 0 spiro atoms. The predicted molar refractivity (Wildman–Crippen MR) is 516 cm³/mol. The van der Waals surface area contributed by atoms with Gasteiger partial charge in [0.2, 0.25) is 0 Å². The van der Waals surface area contributed by atoms with E-state index < -0.39 is 13.2 Å². The van der Waals surface area contributed by atoms with Gasteiger partial charge in [0.25, 0.3) is 6.71 Å². The lowest BCUT2D eigenvalue weighted by Gasteiger charge is -2.51. The summed E-state index contributed by atoms with van der Waals surface area (Å²) in [7, 11) is -3.28. The van der Waals surface area contributed by atoms with E-state index in [1.165, 1.54) is 118 Å². The third kappa shape index (κ3) is 9.91. The molecule has 122 heavy (non-hydrogen) atoms. The molecule has 0 atom stereocenters. The summed E-state index contributed by atoms with van der Waals surface area (Å²) in [5.41, 5.74) is 34.5. The fourth-order valence-corrected chi connectivity index (χ4v) is 29.9. The highest BCUT2D eigenvalue weighted by atomic mass is 32.4. The zero-order chi connectivity index (χ0) is 80.5. The van der Waals surface area contributed by atoms with Gasteiger partial charge in [-0.1, -0.05) is 230 Å². The third-order valence-corrected chi connectivity index (χ3v) is 33.5. The molecule has 0 saturated carbocycles. The van der Waals surface area contributed by atoms with Crippen LogP contribution in [-0.2, 0) is 16.4 Å². The summed E-state index contributed by atoms with van der Waals surface area (Å²) in [5, 5.41) is 6.53. The normalized spacial score (nSPS) is 14.6. The molecule has 9 heterocycles. The molecule has 18 aromatic carbocycles. The van der Waals surface area contributed by atoms with Crippen LogP contribution in [-0.4, -0.2) is 6.71 Å². The van der Waals surface area contributed by atoms with Crippen molar-refractivity contribution in [2.75, 3.05) is 44.1 Å². The number of nitrogens with zero attached hydrogens (tertiary/aromatic N) is 9. The molecule has 0 fully saturated rings. The van der Waals surface area contributed by atoms with E-state index in [0.29, 0.717) is 0 Å². The van der Waals surface area contributed by atoms with Gasteiger partial charge >= 0.3 is 0 Å². The van der Waals surface area contributed by atoms with Gasteiger partial charge in [0.1, 0.15) is 0 Å². The van der Waals surface area contributed by atoms with Gasteiger partial charge < -0.3 is 48.7 Å². The van der Waals surface area contributed by atoms with Crippen LogP contribution in [0.5, 0.6) is 0 Å². The molecule has 9 aliphatic heterocycles. The molecule has 0 bridgehead atoms. The van der Waals surface area contributed by atoms with E-state index in [0.717, 1.165) is 84.2 Å². The second-order valence-corrected chi connectivity index (χ2v) is 38.5. The molecule has 0 N–H and O–H groups in total. The second kappa shape index (κ2) is 27.3. The van der Waals surface area contributed by atoms with Crippen LogP contribution in [0.1, 0.15) is 0 Å². The topological polar surface area (TPSA) is 46.2 Å². The van der Waals surface area contributed by atoms with E-state index in [2.05, 4.69) is 463 Å². The van der Waals surface area contributed by atoms with Crippen molar-refractivity contribution in [1.82, 2.24) is 0 Å². The minimum absolute atomic E-state index is 0.142. The predicted octanol–water partition coefficient (Wildman–Crippen LogP) is 25.0. The van der Waals surface area contributed by atoms with Crippen LogP contribution in [0, 0.1) is 0 Å². The molecule has 14 heteroatoms. The summed E-state index contributed by atoms with van der Waals surface area (Å²) < 4.78 is 16.3. The minimum Gasteiger partial charge on any atom is -0.311 e. The maximum Gasteiger partial charge on any atom is 0.257 e. The average Bonchev–Trinajstić information content (AvgIpc) is 0.662. The Labute approximate surface area is 713 Å². The summed E-state index contributed by atoms with van der Waals surface area (Å²) in [6, 6.07) is 153. The summed E-state index contributed by atoms with van der Waals surface area (Å²) >= 11 is 7.13. The number of para-hydroxylation sites is 9. The summed E-state index contributed by atoms with van der Waals surface area (Å²) in [6.45, 7) is 0.142. The molecular weight excluding hydrogens is 1540 g/mol. The van der Waals surface area contributed by atoms with Gasteiger partial charge in [-0.15, -0.1) is 0 Å². The van der Waals surface area contributed by atoms with Gasteiger partial charge in [-0.3, -0.25) is 0 Å². The lowest BCUT2D eigenvalue weighted by atomic mass is 9.32. The Morgan fingerprint density at radius 2 is 0.279 bits per heavy atom. The Morgan fingerprint density at radius 3 is 0.426 bits per heavy atom. The molecule has 9 aliphatic rings. The van der Waals surface area contributed by atoms with E-state index in [-0.39, 0.29) is 6.71 Å². The fourth-order valence-electron chi connectivity index (χ4n) is 20.9. The first-order valence-corrected chi connectivity index (χ1v) is 46.0. The lowest BCUT2D eigenvalue weighted by Crippen LogP contribution is -2.64. The van der Waals surface area contributed by atoms with Gasteiger partial charge in [0.15, 0.2) is 7.14 Å². The maximum atomic E-state index is 16.3. The Morgan fingerprint density at radius 1 is 0.156 bits per heavy atom. The van der Waals surface area contributed by atoms with E-state index in [4.69, 9.17) is 11.8 Å². The van der Waals surface area contributed by atoms with Crippen molar-refractivity contribution in [3.8, 4) is 0 Å². The summed E-state index contributed by atoms with van der Waals surface area (Å²) in [6.07, 6.45) is 0. The van der Waals surface area contributed by atoms with Crippen molar-refractivity contribution in [2.45, 2.75) is 0 Å². The number of hydrogen-bond acceptors (Lipinski definition) is 11. The first-order valence-electron chi connectivity index (χ1n) is 41.5. The van der Waals surface area contributed by atoms with Crippen LogP contribution < -0.4 is 92.3 Å². The Kier molecular flexibility index (Phi) is 15.7. The molecule has 0 radical (unpaired) electrons. The molecule has 0 saturated heterocycles. The highest BCUT2D eigenvalue weighted by Crippen LogP contribution is 2.69. The second-order valence-electron chi connectivity index (χ2n) is 31.7. The van der Waals surface area contributed by atoms with E-state index in [1.54, 1.807) is 0 Å². The quantitative estimate of drug-likeness (QED) is 0.103. The van der Waals surface area contributed by atoms with Crippen molar-refractivity contribution >= 4 is 233 Å². The molecule has 574 valence electrons. The first kappa shape index (κ1) is 70.2. The van der Waals surface area contributed by atoms with Crippen LogP contribution >= 0.6 is 13.2 Å². The molecule has 0 unspecified atom stereocenters. The van der Waals surface area contributed by atoms with Crippen LogP contribution in [0.4, 0.5) is 154 Å². The number of benzene rings is 18. The Bertz CT molecular complexity index is 6220. The standard InChI is InChI=1S/C36H24BN3.C36H24N3OP.C36H24N3PS/c1-4-13-25(14-5-1)38-28-19-10-21-30-34(28)37-35-29(38)20-11-22-31(35)40(27-17-8-3-9-18-27)33-24-12-23-32(36(33)37)39(30)26-15-6-2-7-16-26;40-41-34-28-19-10-21-30(34)38(26-15-6-2-7-16-26)32-23-12-24-33(36(32)41)39(27-17-8-3-9-18-27)31-22-11-20-29(35(31)41)37(28)25-13-4-1-5-14-25;41-40-34-28-19-10-21-30(34)38(26-15-6-2-7-16-26)32-23-12-24-33(36(32)40)39(27-17-8-3-9-18-27)31-22-11-20-29(35(31)40)37(28)25-13-4-1-5-14-25/h1-24H;2*1-24H. The van der Waals surface area contributed by atoms with E-state index in [1.807, 2.05) is 18.2 Å². The number of rotatable bonds is 9. The summed E-state index contributed by atoms with van der Waals surface area (Å²) in [5.74, 6) is 0. The fraction of sp³-hybridized carbons (Fsp3) is 0. The molecule has 0 aliphatic carbocycles. The molecule has 0 amide bonds. The van der Waals surface area contributed by atoms with Gasteiger partial charge in [0, 0.05) is 101 Å². The average molecular weight is 1620 g/mol. The maximum absolute atomic E-state index is 16.3. The van der Waals surface area contributed by atoms with Gasteiger partial charge in [-0.05, 0) is 235 Å². The van der Waals surface area contributed by atoms with Crippen LogP contribution in [0.25, 0.3) is 0 Å². The molecule has 10 nitrogen and oxygen atoms in total. The van der Waals surface area contributed by atoms with Crippen molar-refractivity contribution in [2.24, 2.45) is 0 Å². The van der Waals surface area contributed by atoms with Crippen LogP contribution in [0.3, 0.4) is 0 Å².